The number of hydrogen-bond donors (Lipinski definition) is 0. The van der Waals surface area contributed by atoms with Crippen molar-refractivity contribution in [3.63, 3.8) is 0 Å². The number of hydrogen-bond acceptors (Lipinski definition) is 1. The Balaban J connectivity index is 1.71. The van der Waals surface area contributed by atoms with Crippen molar-refractivity contribution in [3.8, 4) is 22.4 Å². The molecule has 0 aliphatic carbocycles. The Hall–Kier alpha value is -4.49. The number of benzene rings is 4. The molecule has 2 heterocycles. The Morgan fingerprint density at radius 1 is 0.857 bits per heavy atom. The average Bonchev–Trinajstić information content (AvgIpc) is 3.25. The fraction of sp³-hybridized carbons (Fsp3) is 0.0968. The molecule has 0 aliphatic rings. The summed E-state index contributed by atoms with van der Waals surface area (Å²) in [6, 6.07) is 24.0. The first-order chi connectivity index (χ1) is 17.0. The summed E-state index contributed by atoms with van der Waals surface area (Å²) in [5.74, 6) is -0.260. The lowest BCUT2D eigenvalue weighted by Gasteiger charge is -2.06. The third kappa shape index (κ3) is 3.20. The van der Waals surface area contributed by atoms with Crippen LogP contribution in [0.15, 0.2) is 83.4 Å². The van der Waals surface area contributed by atoms with Crippen molar-refractivity contribution in [2.24, 2.45) is 7.05 Å². The predicted octanol–water partition coefficient (Wildman–Crippen LogP) is 8.20. The Morgan fingerprint density at radius 2 is 1.66 bits per heavy atom. The minimum Gasteiger partial charge on any atom is -0.456 e. The maximum absolute atomic E-state index is 14.6. The fourth-order valence-electron chi connectivity index (χ4n) is 5.03. The van der Waals surface area contributed by atoms with Gasteiger partial charge >= 0.3 is 0 Å². The maximum Gasteiger partial charge on any atom is 0.219 e. The molecule has 0 N–H and O–H groups in total. The van der Waals surface area contributed by atoms with E-state index in [0.29, 0.717) is 22.4 Å². The van der Waals surface area contributed by atoms with Gasteiger partial charge in [-0.1, -0.05) is 60.7 Å². The normalized spacial score (nSPS) is 11.4. The van der Waals surface area contributed by atoms with E-state index in [1.165, 1.54) is 5.39 Å². The molecule has 4 aromatic carbocycles. The molecule has 6 aromatic rings. The van der Waals surface area contributed by atoms with E-state index in [1.807, 2.05) is 54.9 Å². The highest BCUT2D eigenvalue weighted by atomic mass is 19.1. The number of aryl methyl sites for hydroxylation is 3. The van der Waals surface area contributed by atoms with E-state index in [-0.39, 0.29) is 5.82 Å². The lowest BCUT2D eigenvalue weighted by Crippen LogP contribution is -2.31. The summed E-state index contributed by atoms with van der Waals surface area (Å²) in [7, 11) is 1.91. The SMILES string of the molecule is [C-]#[N+]c1ccc(-c2ccc3ccccc3c2)c2oc3c(-c4cc(F)c(C)c[n+]4C)c(C)ccc3c12. The van der Waals surface area contributed by atoms with Crippen molar-refractivity contribution in [2.75, 3.05) is 0 Å². The van der Waals surface area contributed by atoms with Crippen molar-refractivity contribution in [2.45, 2.75) is 13.8 Å². The molecular weight excluding hydrogens is 435 g/mol. The Kier molecular flexibility index (Phi) is 4.69. The second-order valence-electron chi connectivity index (χ2n) is 9.05. The molecule has 0 saturated heterocycles. The van der Waals surface area contributed by atoms with Crippen LogP contribution in [-0.2, 0) is 7.05 Å². The van der Waals surface area contributed by atoms with Crippen LogP contribution in [0.4, 0.5) is 10.1 Å². The third-order valence-electron chi connectivity index (χ3n) is 6.82. The van der Waals surface area contributed by atoms with Gasteiger partial charge in [-0.25, -0.2) is 13.8 Å². The van der Waals surface area contributed by atoms with Crippen molar-refractivity contribution < 1.29 is 13.4 Å². The molecule has 0 saturated carbocycles. The van der Waals surface area contributed by atoms with Gasteiger partial charge in [-0.3, -0.25) is 0 Å². The van der Waals surface area contributed by atoms with Gasteiger partial charge < -0.3 is 4.42 Å². The van der Waals surface area contributed by atoms with Crippen molar-refractivity contribution in [1.82, 2.24) is 0 Å². The van der Waals surface area contributed by atoms with Gasteiger partial charge in [-0.15, -0.1) is 0 Å². The quantitative estimate of drug-likeness (QED) is 0.190. The number of aromatic nitrogens is 1. The molecule has 3 nitrogen and oxygen atoms in total. The number of fused-ring (bicyclic) bond motifs is 4. The molecule has 6 rings (SSSR count). The molecule has 2 aromatic heterocycles. The van der Waals surface area contributed by atoms with Crippen LogP contribution in [0.1, 0.15) is 11.1 Å². The largest absolute Gasteiger partial charge is 0.456 e. The third-order valence-corrected chi connectivity index (χ3v) is 6.82. The molecule has 0 atom stereocenters. The highest BCUT2D eigenvalue weighted by Crippen LogP contribution is 2.44. The molecule has 0 aliphatic heterocycles. The first-order valence-electron chi connectivity index (χ1n) is 11.5. The summed E-state index contributed by atoms with van der Waals surface area (Å²) < 4.78 is 23.2. The molecule has 0 amide bonds. The number of nitrogens with zero attached hydrogens (tertiary/aromatic N) is 2. The first-order valence-corrected chi connectivity index (χ1v) is 11.5. The van der Waals surface area contributed by atoms with E-state index >= 15 is 0 Å². The van der Waals surface area contributed by atoms with Crippen LogP contribution < -0.4 is 4.57 Å². The molecule has 0 fully saturated rings. The number of pyridine rings is 1. The highest BCUT2D eigenvalue weighted by Gasteiger charge is 2.24. The van der Waals surface area contributed by atoms with Crippen LogP contribution in [0.25, 0.3) is 59.9 Å². The second kappa shape index (κ2) is 7.78. The van der Waals surface area contributed by atoms with Crippen molar-refractivity contribution >= 4 is 38.4 Å². The van der Waals surface area contributed by atoms with Crippen LogP contribution in [0, 0.1) is 26.2 Å². The zero-order valence-corrected chi connectivity index (χ0v) is 19.7. The number of rotatable bonds is 2. The molecule has 168 valence electrons. The Morgan fingerprint density at radius 3 is 2.46 bits per heavy atom. The van der Waals surface area contributed by atoms with Gasteiger partial charge in [0.25, 0.3) is 0 Å². The van der Waals surface area contributed by atoms with Crippen LogP contribution in [0.3, 0.4) is 0 Å². The maximum atomic E-state index is 14.6. The van der Waals surface area contributed by atoms with Gasteiger partial charge in [0, 0.05) is 28.0 Å². The van der Waals surface area contributed by atoms with Crippen molar-refractivity contribution in [3.05, 3.63) is 107 Å². The minimum atomic E-state index is -0.260. The van der Waals surface area contributed by atoms with E-state index in [2.05, 4.69) is 35.2 Å². The Bertz CT molecular complexity index is 1860. The monoisotopic (exact) mass is 457 g/mol. The van der Waals surface area contributed by atoms with Gasteiger partial charge in [0.1, 0.15) is 24.0 Å². The second-order valence-corrected chi connectivity index (χ2v) is 9.05. The fourth-order valence-corrected chi connectivity index (χ4v) is 5.03. The standard InChI is InChI=1S/C31H22FN2O/c1-18-9-12-24-29-26(33-3)14-13-23(22-11-10-20-7-5-6-8-21(20)15-22)30(29)35-31(24)28(18)27-16-25(32)19(2)17-34(27)4/h5-17H,1-2,4H3/q+1. The minimum absolute atomic E-state index is 0.260. The van der Waals surface area contributed by atoms with Crippen LogP contribution in [0.2, 0.25) is 0 Å². The van der Waals surface area contributed by atoms with Crippen LogP contribution in [0.5, 0.6) is 0 Å². The molecule has 0 bridgehead atoms. The van der Waals surface area contributed by atoms with E-state index < -0.39 is 0 Å². The van der Waals surface area contributed by atoms with E-state index in [4.69, 9.17) is 11.0 Å². The van der Waals surface area contributed by atoms with E-state index in [1.54, 1.807) is 19.2 Å². The van der Waals surface area contributed by atoms with Gasteiger partial charge in [0.15, 0.2) is 11.9 Å². The summed E-state index contributed by atoms with van der Waals surface area (Å²) in [5, 5.41) is 3.95. The van der Waals surface area contributed by atoms with E-state index in [0.717, 1.165) is 44.1 Å². The molecule has 0 unspecified atom stereocenters. The van der Waals surface area contributed by atoms with Gasteiger partial charge in [0.2, 0.25) is 5.69 Å². The molecular formula is C31H22FN2O+. The Labute approximate surface area is 202 Å². The first kappa shape index (κ1) is 21.1. The van der Waals surface area contributed by atoms with E-state index in [9.17, 15) is 4.39 Å². The number of halogens is 1. The van der Waals surface area contributed by atoms with Crippen LogP contribution >= 0.6 is 0 Å². The summed E-state index contributed by atoms with van der Waals surface area (Å²) in [5.41, 5.74) is 6.95. The average molecular weight is 458 g/mol. The van der Waals surface area contributed by atoms with Crippen LogP contribution in [-0.4, -0.2) is 0 Å². The van der Waals surface area contributed by atoms with Gasteiger partial charge in [0.05, 0.1) is 12.1 Å². The summed E-state index contributed by atoms with van der Waals surface area (Å²) >= 11 is 0. The molecule has 0 spiro atoms. The van der Waals surface area contributed by atoms with Gasteiger partial charge in [-0.2, -0.15) is 0 Å². The summed E-state index contributed by atoms with van der Waals surface area (Å²) in [4.78, 5) is 3.80. The topological polar surface area (TPSA) is 21.4 Å². The lowest BCUT2D eigenvalue weighted by molar-refractivity contribution is -0.661. The smallest absolute Gasteiger partial charge is 0.219 e. The predicted molar refractivity (Wildman–Crippen MR) is 139 cm³/mol. The number of furan rings is 1. The summed E-state index contributed by atoms with van der Waals surface area (Å²) in [6.45, 7) is 11.6. The molecule has 35 heavy (non-hydrogen) atoms. The zero-order chi connectivity index (χ0) is 24.3. The van der Waals surface area contributed by atoms with Crippen molar-refractivity contribution in [1.29, 1.82) is 0 Å². The van der Waals surface area contributed by atoms with Gasteiger partial charge in [-0.05, 0) is 41.8 Å². The molecule has 4 heteroatoms. The lowest BCUT2D eigenvalue weighted by atomic mass is 9.97. The summed E-state index contributed by atoms with van der Waals surface area (Å²) in [6.07, 6.45) is 1.79. The zero-order valence-electron chi connectivity index (χ0n) is 19.7. The highest BCUT2D eigenvalue weighted by molar-refractivity contribution is 6.18. The molecule has 0 radical (unpaired) electrons.